The Bertz CT molecular complexity index is 363. The number of amides is 1. The average Bonchev–Trinajstić information content (AvgIpc) is 2.59. The van der Waals surface area contributed by atoms with Gasteiger partial charge in [-0.05, 0) is 46.5 Å². The summed E-state index contributed by atoms with van der Waals surface area (Å²) in [6, 6.07) is 0.190. The van der Waals surface area contributed by atoms with E-state index in [1.165, 1.54) is 0 Å². The third-order valence-corrected chi connectivity index (χ3v) is 4.56. The highest BCUT2D eigenvalue weighted by Gasteiger charge is 2.50. The molecule has 2 bridgehead atoms. The van der Waals surface area contributed by atoms with Crippen LogP contribution in [0.25, 0.3) is 0 Å². The molecule has 0 saturated carbocycles. The van der Waals surface area contributed by atoms with Gasteiger partial charge in [-0.25, -0.2) is 4.79 Å². The van der Waals surface area contributed by atoms with Crippen LogP contribution in [0.1, 0.15) is 46.5 Å². The number of alkyl halides is 1. The van der Waals surface area contributed by atoms with Crippen molar-refractivity contribution in [2.75, 3.05) is 5.88 Å². The molecule has 0 aromatic heterocycles. The zero-order chi connectivity index (χ0) is 14.3. The molecule has 2 aliphatic heterocycles. The molecule has 2 aliphatic rings. The standard InChI is InChI=1S/C14H22ClNO3/c1-13(2,3)19-12(18)16-10-4-5-11(16)7-14(6-10,8-15)9-17/h9-11H,4-8H2,1-3H3. The highest BCUT2D eigenvalue weighted by Crippen LogP contribution is 2.45. The van der Waals surface area contributed by atoms with Crippen molar-refractivity contribution in [1.82, 2.24) is 4.90 Å². The van der Waals surface area contributed by atoms with Crippen LogP contribution in [0.2, 0.25) is 0 Å². The van der Waals surface area contributed by atoms with E-state index in [0.717, 1.165) is 19.1 Å². The minimum absolute atomic E-state index is 0.0950. The normalized spacial score (nSPS) is 34.2. The van der Waals surface area contributed by atoms with Gasteiger partial charge in [0, 0.05) is 23.4 Å². The smallest absolute Gasteiger partial charge is 0.410 e. The quantitative estimate of drug-likeness (QED) is 0.579. The van der Waals surface area contributed by atoms with Crippen molar-refractivity contribution in [2.45, 2.75) is 64.1 Å². The second kappa shape index (κ2) is 4.97. The largest absolute Gasteiger partial charge is 0.444 e. The molecular weight excluding hydrogens is 266 g/mol. The highest BCUT2D eigenvalue weighted by molar-refractivity contribution is 6.19. The number of aldehydes is 1. The second-order valence-corrected chi connectivity index (χ2v) is 7.06. The van der Waals surface area contributed by atoms with E-state index < -0.39 is 11.0 Å². The first-order valence-electron chi connectivity index (χ1n) is 6.84. The molecule has 0 spiro atoms. The summed E-state index contributed by atoms with van der Waals surface area (Å²) >= 11 is 5.96. The summed E-state index contributed by atoms with van der Waals surface area (Å²) in [6.07, 6.45) is 3.94. The first kappa shape index (κ1) is 14.6. The Balaban J connectivity index is 2.11. The summed E-state index contributed by atoms with van der Waals surface area (Å²) in [5.41, 5.74) is -0.936. The van der Waals surface area contributed by atoms with Crippen LogP contribution in [0.5, 0.6) is 0 Å². The molecular formula is C14H22ClNO3. The highest BCUT2D eigenvalue weighted by atomic mass is 35.5. The molecule has 0 N–H and O–H groups in total. The number of fused-ring (bicyclic) bond motifs is 2. The summed E-state index contributed by atoms with van der Waals surface area (Å²) in [6.45, 7) is 5.60. The summed E-state index contributed by atoms with van der Waals surface area (Å²) < 4.78 is 5.46. The second-order valence-electron chi connectivity index (χ2n) is 6.79. The zero-order valence-corrected chi connectivity index (χ0v) is 12.6. The topological polar surface area (TPSA) is 46.6 Å². The summed E-state index contributed by atoms with van der Waals surface area (Å²) in [4.78, 5) is 25.4. The van der Waals surface area contributed by atoms with Crippen LogP contribution in [0.15, 0.2) is 0 Å². The van der Waals surface area contributed by atoms with E-state index in [1.807, 2.05) is 25.7 Å². The van der Waals surface area contributed by atoms with Crippen LogP contribution in [0.4, 0.5) is 4.79 Å². The van der Waals surface area contributed by atoms with Gasteiger partial charge < -0.3 is 14.4 Å². The van der Waals surface area contributed by atoms with Gasteiger partial charge in [0.25, 0.3) is 0 Å². The predicted molar refractivity (Wildman–Crippen MR) is 73.3 cm³/mol. The van der Waals surface area contributed by atoms with E-state index in [0.29, 0.717) is 18.7 Å². The number of hydrogen-bond acceptors (Lipinski definition) is 3. The third-order valence-electron chi connectivity index (χ3n) is 4.02. The molecule has 4 nitrogen and oxygen atoms in total. The van der Waals surface area contributed by atoms with Crippen molar-refractivity contribution >= 4 is 24.0 Å². The van der Waals surface area contributed by atoms with E-state index in [4.69, 9.17) is 16.3 Å². The van der Waals surface area contributed by atoms with Crippen LogP contribution < -0.4 is 0 Å². The number of ether oxygens (including phenoxy) is 1. The van der Waals surface area contributed by atoms with Gasteiger partial charge in [0.2, 0.25) is 0 Å². The van der Waals surface area contributed by atoms with Crippen molar-refractivity contribution in [3.8, 4) is 0 Å². The Kier molecular flexibility index (Phi) is 3.83. The van der Waals surface area contributed by atoms with Crippen molar-refractivity contribution < 1.29 is 14.3 Å². The van der Waals surface area contributed by atoms with Gasteiger partial charge in [-0.3, -0.25) is 0 Å². The molecule has 5 heteroatoms. The molecule has 108 valence electrons. The van der Waals surface area contributed by atoms with E-state index in [1.54, 1.807) is 0 Å². The SMILES string of the molecule is CC(C)(C)OC(=O)N1C2CCC1CC(C=O)(CCl)C2. The monoisotopic (exact) mass is 287 g/mol. The molecule has 2 atom stereocenters. The van der Waals surface area contributed by atoms with Crippen molar-refractivity contribution in [3.63, 3.8) is 0 Å². The Morgan fingerprint density at radius 1 is 1.37 bits per heavy atom. The molecule has 0 aromatic carbocycles. The molecule has 2 rings (SSSR count). The first-order valence-corrected chi connectivity index (χ1v) is 7.37. The number of nitrogens with zero attached hydrogens (tertiary/aromatic N) is 1. The van der Waals surface area contributed by atoms with Crippen LogP contribution in [0.3, 0.4) is 0 Å². The van der Waals surface area contributed by atoms with E-state index in [2.05, 4.69) is 0 Å². The summed E-state index contributed by atoms with van der Waals surface area (Å²) in [7, 11) is 0. The third kappa shape index (κ3) is 2.88. The fourth-order valence-corrected chi connectivity index (χ4v) is 3.51. The number of carbonyl (C=O) groups is 2. The van der Waals surface area contributed by atoms with E-state index >= 15 is 0 Å². The van der Waals surface area contributed by atoms with Crippen LogP contribution in [-0.2, 0) is 9.53 Å². The molecule has 2 fully saturated rings. The lowest BCUT2D eigenvalue weighted by Gasteiger charge is -2.43. The molecule has 2 unspecified atom stereocenters. The van der Waals surface area contributed by atoms with Gasteiger partial charge in [-0.2, -0.15) is 0 Å². The van der Waals surface area contributed by atoms with Crippen LogP contribution in [-0.4, -0.2) is 40.8 Å². The van der Waals surface area contributed by atoms with E-state index in [9.17, 15) is 9.59 Å². The number of piperidine rings is 1. The molecule has 0 aromatic rings. The number of hydrogen-bond donors (Lipinski definition) is 0. The zero-order valence-electron chi connectivity index (χ0n) is 11.8. The minimum atomic E-state index is -0.484. The Hall–Kier alpha value is -0.770. The molecule has 19 heavy (non-hydrogen) atoms. The maximum Gasteiger partial charge on any atom is 0.410 e. The van der Waals surface area contributed by atoms with Gasteiger partial charge in [-0.15, -0.1) is 11.6 Å². The Morgan fingerprint density at radius 2 is 1.89 bits per heavy atom. The van der Waals surface area contributed by atoms with Gasteiger partial charge in [0.05, 0.1) is 0 Å². The lowest BCUT2D eigenvalue weighted by Crippen LogP contribution is -2.52. The van der Waals surface area contributed by atoms with Gasteiger partial charge in [0.1, 0.15) is 11.9 Å². The van der Waals surface area contributed by atoms with Gasteiger partial charge in [0.15, 0.2) is 0 Å². The fraction of sp³-hybridized carbons (Fsp3) is 0.857. The fourth-order valence-electron chi connectivity index (χ4n) is 3.23. The lowest BCUT2D eigenvalue weighted by molar-refractivity contribution is -0.119. The average molecular weight is 288 g/mol. The summed E-state index contributed by atoms with van der Waals surface area (Å²) in [5.74, 6) is 0.339. The number of halogens is 1. The maximum absolute atomic E-state index is 12.2. The minimum Gasteiger partial charge on any atom is -0.444 e. The molecule has 2 saturated heterocycles. The van der Waals surface area contributed by atoms with Crippen LogP contribution >= 0.6 is 11.6 Å². The molecule has 0 radical (unpaired) electrons. The van der Waals surface area contributed by atoms with Gasteiger partial charge in [-0.1, -0.05) is 0 Å². The summed E-state index contributed by atoms with van der Waals surface area (Å²) in [5, 5.41) is 0. The van der Waals surface area contributed by atoms with Crippen LogP contribution in [0, 0.1) is 5.41 Å². The molecule has 0 aliphatic carbocycles. The number of carbonyl (C=O) groups excluding carboxylic acids is 2. The first-order chi connectivity index (χ1) is 8.80. The Morgan fingerprint density at radius 3 is 2.26 bits per heavy atom. The van der Waals surface area contributed by atoms with Gasteiger partial charge >= 0.3 is 6.09 Å². The molecule has 1 amide bonds. The van der Waals surface area contributed by atoms with Crippen molar-refractivity contribution in [2.24, 2.45) is 5.41 Å². The Labute approximate surface area is 119 Å². The maximum atomic E-state index is 12.2. The molecule has 2 heterocycles. The van der Waals surface area contributed by atoms with E-state index in [-0.39, 0.29) is 18.2 Å². The van der Waals surface area contributed by atoms with Crippen molar-refractivity contribution in [3.05, 3.63) is 0 Å². The van der Waals surface area contributed by atoms with Crippen molar-refractivity contribution in [1.29, 1.82) is 0 Å². The number of rotatable bonds is 2. The predicted octanol–water partition coefficient (Wildman–Crippen LogP) is 2.97. The lowest BCUT2D eigenvalue weighted by atomic mass is 9.78.